The molecule has 6 heteroatoms. The van der Waals surface area contributed by atoms with Crippen molar-refractivity contribution in [2.75, 3.05) is 0 Å². The highest BCUT2D eigenvalue weighted by atomic mass is 35.5. The monoisotopic (exact) mass is 494 g/mol. The molecule has 0 aliphatic carbocycles. The van der Waals surface area contributed by atoms with Crippen LogP contribution in [0.5, 0.6) is 0 Å². The fraction of sp³-hybridized carbons (Fsp3) is 0.111. The molecule has 0 saturated heterocycles. The SMILES string of the molecule is C/C(=C\C=C1/CC(Cl)=C(c2ccccc2Cl)C(Cl)=N1)C(O)(c1ccccc1)c1ccncc1. The van der Waals surface area contributed by atoms with Crippen LogP contribution >= 0.6 is 34.8 Å². The minimum atomic E-state index is -1.33. The molecule has 1 N–H and O–H groups in total. The van der Waals surface area contributed by atoms with Crippen molar-refractivity contribution in [3.63, 3.8) is 0 Å². The molecule has 1 aliphatic heterocycles. The molecule has 0 saturated carbocycles. The van der Waals surface area contributed by atoms with Crippen LogP contribution in [0.2, 0.25) is 5.02 Å². The molecule has 1 atom stereocenters. The second-order valence-electron chi connectivity index (χ2n) is 7.66. The van der Waals surface area contributed by atoms with E-state index in [-0.39, 0.29) is 5.17 Å². The summed E-state index contributed by atoms with van der Waals surface area (Å²) < 4.78 is 0. The van der Waals surface area contributed by atoms with Gasteiger partial charge in [0.05, 0.1) is 0 Å². The van der Waals surface area contributed by atoms with Crippen molar-refractivity contribution in [1.82, 2.24) is 4.98 Å². The summed E-state index contributed by atoms with van der Waals surface area (Å²) >= 11 is 19.5. The van der Waals surface area contributed by atoms with E-state index < -0.39 is 5.60 Å². The first-order valence-electron chi connectivity index (χ1n) is 10.4. The first-order chi connectivity index (χ1) is 15.9. The zero-order valence-corrected chi connectivity index (χ0v) is 20.1. The molecule has 3 nitrogen and oxygen atoms in total. The molecule has 0 spiro atoms. The van der Waals surface area contributed by atoms with Crippen LogP contribution in [-0.4, -0.2) is 15.3 Å². The number of halogens is 3. The van der Waals surface area contributed by atoms with E-state index in [2.05, 4.69) is 9.98 Å². The quantitative estimate of drug-likeness (QED) is 0.398. The van der Waals surface area contributed by atoms with Gasteiger partial charge in [0.15, 0.2) is 0 Å². The molecule has 0 amide bonds. The Morgan fingerprint density at radius 1 is 0.909 bits per heavy atom. The van der Waals surface area contributed by atoms with Crippen LogP contribution in [0.1, 0.15) is 30.0 Å². The van der Waals surface area contributed by atoms with Crippen molar-refractivity contribution in [2.45, 2.75) is 18.9 Å². The summed E-state index contributed by atoms with van der Waals surface area (Å²) in [6.45, 7) is 1.88. The molecular weight excluding hydrogens is 475 g/mol. The second-order valence-corrected chi connectivity index (χ2v) is 8.88. The van der Waals surface area contributed by atoms with Crippen LogP contribution in [0.3, 0.4) is 0 Å². The lowest BCUT2D eigenvalue weighted by atomic mass is 9.81. The van der Waals surface area contributed by atoms with Gasteiger partial charge in [-0.1, -0.05) is 89.4 Å². The number of hydrogen-bond acceptors (Lipinski definition) is 3. The number of pyridine rings is 1. The molecule has 33 heavy (non-hydrogen) atoms. The zero-order valence-electron chi connectivity index (χ0n) is 17.8. The second kappa shape index (κ2) is 10.1. The standard InChI is InChI=1S/C27H21Cl3N2O/c1-18(27(33,19-7-3-2-4-8-19)20-13-15-31-16-14-20)11-12-21-17-24(29)25(26(30)32-21)22-9-5-6-10-23(22)28/h2-16,33H,17H2,1H3/b18-11+,21-12+. The Hall–Kier alpha value is -2.69. The Kier molecular flexibility index (Phi) is 7.16. The van der Waals surface area contributed by atoms with Crippen LogP contribution in [0.15, 0.2) is 113 Å². The van der Waals surface area contributed by atoms with E-state index in [4.69, 9.17) is 34.8 Å². The van der Waals surface area contributed by atoms with Gasteiger partial charge in [0.1, 0.15) is 10.8 Å². The number of rotatable bonds is 5. The van der Waals surface area contributed by atoms with Crippen LogP contribution in [0, 0.1) is 0 Å². The molecule has 1 aromatic heterocycles. The van der Waals surface area contributed by atoms with Gasteiger partial charge in [-0.05, 0) is 47.9 Å². The Morgan fingerprint density at radius 3 is 2.21 bits per heavy atom. The summed E-state index contributed by atoms with van der Waals surface area (Å²) in [7, 11) is 0. The first-order valence-corrected chi connectivity index (χ1v) is 11.5. The number of dihydropyridines is 1. The van der Waals surface area contributed by atoms with E-state index in [1.807, 2.05) is 79.7 Å². The van der Waals surface area contributed by atoms with Gasteiger partial charge < -0.3 is 5.11 Å². The van der Waals surface area contributed by atoms with Gasteiger partial charge in [0.25, 0.3) is 0 Å². The number of aromatic nitrogens is 1. The Bertz CT molecular complexity index is 1240. The van der Waals surface area contributed by atoms with Gasteiger partial charge in [-0.25, -0.2) is 4.99 Å². The van der Waals surface area contributed by atoms with Crippen molar-refractivity contribution < 1.29 is 5.11 Å². The number of hydrogen-bond donors (Lipinski definition) is 1. The predicted molar refractivity (Wildman–Crippen MR) is 138 cm³/mol. The molecule has 0 radical (unpaired) electrons. The van der Waals surface area contributed by atoms with Gasteiger partial charge >= 0.3 is 0 Å². The number of benzene rings is 2. The average Bonchev–Trinajstić information content (AvgIpc) is 2.84. The number of allylic oxidation sites excluding steroid dienone is 4. The van der Waals surface area contributed by atoms with Crippen molar-refractivity contribution in [2.24, 2.45) is 4.99 Å². The molecule has 1 aliphatic rings. The maximum Gasteiger partial charge on any atom is 0.138 e. The number of nitrogens with zero attached hydrogens (tertiary/aromatic N) is 2. The van der Waals surface area contributed by atoms with E-state index in [0.29, 0.717) is 27.7 Å². The fourth-order valence-electron chi connectivity index (χ4n) is 3.83. The summed E-state index contributed by atoms with van der Waals surface area (Å²) in [5, 5.41) is 13.2. The molecule has 3 aromatic rings. The fourth-order valence-corrected chi connectivity index (χ4v) is 4.77. The summed E-state index contributed by atoms with van der Waals surface area (Å²) in [5.41, 5.74) is 2.94. The Balaban J connectivity index is 1.71. The van der Waals surface area contributed by atoms with E-state index >= 15 is 0 Å². The third kappa shape index (κ3) is 4.83. The predicted octanol–water partition coefficient (Wildman–Crippen LogP) is 7.49. The first kappa shape index (κ1) is 23.5. The smallest absolute Gasteiger partial charge is 0.138 e. The van der Waals surface area contributed by atoms with E-state index in [9.17, 15) is 5.11 Å². The highest BCUT2D eigenvalue weighted by Crippen LogP contribution is 2.39. The molecule has 0 fully saturated rings. The van der Waals surface area contributed by atoms with Crippen LogP contribution < -0.4 is 0 Å². The molecular formula is C27H21Cl3N2O. The lowest BCUT2D eigenvalue weighted by molar-refractivity contribution is 0.121. The maximum atomic E-state index is 11.8. The molecule has 166 valence electrons. The van der Waals surface area contributed by atoms with Crippen LogP contribution in [0.25, 0.3) is 5.57 Å². The Morgan fingerprint density at radius 2 is 1.55 bits per heavy atom. The van der Waals surface area contributed by atoms with Crippen molar-refractivity contribution >= 4 is 45.5 Å². The zero-order chi connectivity index (χ0) is 23.4. The van der Waals surface area contributed by atoms with Gasteiger partial charge in [-0.3, -0.25) is 4.98 Å². The average molecular weight is 496 g/mol. The molecule has 2 aromatic carbocycles. The third-order valence-corrected chi connectivity index (χ3v) is 6.51. The largest absolute Gasteiger partial charge is 0.376 e. The molecule has 4 rings (SSSR count). The summed E-state index contributed by atoms with van der Waals surface area (Å²) in [5.74, 6) is 0. The van der Waals surface area contributed by atoms with E-state index in [0.717, 1.165) is 22.3 Å². The van der Waals surface area contributed by atoms with Gasteiger partial charge in [-0.2, -0.15) is 0 Å². The summed E-state index contributed by atoms with van der Waals surface area (Å²) in [4.78, 5) is 8.62. The van der Waals surface area contributed by atoms with Gasteiger partial charge in [0.2, 0.25) is 0 Å². The molecule has 0 bridgehead atoms. The summed E-state index contributed by atoms with van der Waals surface area (Å²) in [6.07, 6.45) is 7.42. The summed E-state index contributed by atoms with van der Waals surface area (Å²) in [6, 6.07) is 20.5. The highest BCUT2D eigenvalue weighted by Gasteiger charge is 2.33. The Labute approximate surface area is 208 Å². The lowest BCUT2D eigenvalue weighted by Gasteiger charge is -2.30. The lowest BCUT2D eigenvalue weighted by Crippen LogP contribution is -2.28. The molecule has 1 unspecified atom stereocenters. The topological polar surface area (TPSA) is 45.5 Å². The van der Waals surface area contributed by atoms with E-state index in [1.165, 1.54) is 0 Å². The number of aliphatic hydroxyl groups is 1. The van der Waals surface area contributed by atoms with Gasteiger partial charge in [0, 0.05) is 45.7 Å². The van der Waals surface area contributed by atoms with Crippen LogP contribution in [-0.2, 0) is 5.60 Å². The highest BCUT2D eigenvalue weighted by molar-refractivity contribution is 6.77. The van der Waals surface area contributed by atoms with Crippen molar-refractivity contribution in [3.05, 3.63) is 129 Å². The molecule has 2 heterocycles. The third-order valence-electron chi connectivity index (χ3n) is 5.58. The normalized spacial score (nSPS) is 17.7. The van der Waals surface area contributed by atoms with Gasteiger partial charge in [-0.15, -0.1) is 0 Å². The van der Waals surface area contributed by atoms with Crippen molar-refractivity contribution in [1.29, 1.82) is 0 Å². The minimum absolute atomic E-state index is 0.282. The van der Waals surface area contributed by atoms with Crippen molar-refractivity contribution in [3.8, 4) is 0 Å². The number of aliphatic imine (C=N–C) groups is 1. The van der Waals surface area contributed by atoms with Crippen LogP contribution in [0.4, 0.5) is 0 Å². The maximum absolute atomic E-state index is 11.8. The minimum Gasteiger partial charge on any atom is -0.376 e. The van der Waals surface area contributed by atoms with E-state index in [1.54, 1.807) is 18.5 Å².